The van der Waals surface area contributed by atoms with Gasteiger partial charge in [0.15, 0.2) is 0 Å². The van der Waals surface area contributed by atoms with E-state index in [0.717, 1.165) is 17.1 Å². The van der Waals surface area contributed by atoms with Gasteiger partial charge in [-0.1, -0.05) is 65.6 Å². The molecule has 0 N–H and O–H groups in total. The van der Waals surface area contributed by atoms with Crippen molar-refractivity contribution in [1.29, 1.82) is 0 Å². The van der Waals surface area contributed by atoms with Crippen LogP contribution in [0.25, 0.3) is 66.3 Å². The smallest absolute Gasteiger partial charge is 0.435 e. The van der Waals surface area contributed by atoms with Crippen LogP contribution in [0, 0.1) is 0 Å². The van der Waals surface area contributed by atoms with Crippen LogP contribution >= 0.6 is 0 Å². The number of hydrogen-bond donors (Lipinski definition) is 0. The monoisotopic (exact) mass is 486 g/mol. The Bertz CT molecular complexity index is 2170. The maximum Gasteiger partial charge on any atom is 0.506 e. The van der Waals surface area contributed by atoms with Crippen LogP contribution in [0.1, 0.15) is 0 Å². The van der Waals surface area contributed by atoms with Crippen molar-refractivity contribution in [2.45, 2.75) is 0 Å². The highest BCUT2D eigenvalue weighted by Crippen LogP contribution is 2.46. The molecule has 6 nitrogen and oxygen atoms in total. The largest absolute Gasteiger partial charge is 0.506 e. The van der Waals surface area contributed by atoms with E-state index in [1.54, 1.807) is 0 Å². The summed E-state index contributed by atoms with van der Waals surface area (Å²) in [6.45, 7) is -1.89. The van der Waals surface area contributed by atoms with Gasteiger partial charge >= 0.3 is 6.69 Å². The predicted molar refractivity (Wildman–Crippen MR) is 151 cm³/mol. The number of para-hydroxylation sites is 4. The molecule has 0 amide bonds. The number of benzene rings is 4. The Morgan fingerprint density at radius 2 is 1.24 bits per heavy atom. The summed E-state index contributed by atoms with van der Waals surface area (Å²) in [4.78, 5) is 9.68. The van der Waals surface area contributed by atoms with E-state index in [1.807, 2.05) is 18.7 Å². The number of fused-ring (bicyclic) bond motifs is 10. The molecule has 38 heavy (non-hydrogen) atoms. The zero-order valence-corrected chi connectivity index (χ0v) is 20.2. The first-order chi connectivity index (χ1) is 18.9. The molecule has 176 valence electrons. The third-order valence-corrected chi connectivity index (χ3v) is 8.86. The number of imidazole rings is 1. The quantitative estimate of drug-likeness (QED) is 0.281. The molecule has 2 aliphatic rings. The molecule has 1 unspecified atom stereocenters. The SMILES string of the molecule is c1ccc2c(c1)c1cccc3c1n2[B-]1(n2ccnc2)n2c4ccccc4c4cccc(c42)-c2nccc-3[n+]21. The van der Waals surface area contributed by atoms with Gasteiger partial charge in [-0.05, 0) is 30.5 Å². The van der Waals surface area contributed by atoms with Gasteiger partial charge < -0.3 is 17.9 Å². The highest BCUT2D eigenvalue weighted by atomic mass is 15.4. The summed E-state index contributed by atoms with van der Waals surface area (Å²) in [6, 6.07) is 33.0. The van der Waals surface area contributed by atoms with Crippen LogP contribution in [0.3, 0.4) is 0 Å². The summed E-state index contributed by atoms with van der Waals surface area (Å²) < 4.78 is 9.92. The van der Waals surface area contributed by atoms with Crippen LogP contribution in [-0.2, 0) is 0 Å². The molecule has 6 heterocycles. The second kappa shape index (κ2) is 6.21. The van der Waals surface area contributed by atoms with E-state index in [4.69, 9.17) is 4.98 Å². The third-order valence-electron chi connectivity index (χ3n) is 8.86. The fourth-order valence-electron chi connectivity index (χ4n) is 7.64. The molecule has 0 fully saturated rings. The second-order valence-electron chi connectivity index (χ2n) is 10.4. The Hall–Kier alpha value is -5.17. The topological polar surface area (TPSA) is 44.5 Å². The van der Waals surface area contributed by atoms with Gasteiger partial charge in [0.05, 0.1) is 17.6 Å². The molecule has 2 aliphatic heterocycles. The first kappa shape index (κ1) is 19.0. The average molecular weight is 486 g/mol. The highest BCUT2D eigenvalue weighted by molar-refractivity contribution is 6.72. The number of rotatable bonds is 1. The van der Waals surface area contributed by atoms with E-state index in [0.29, 0.717) is 0 Å². The zero-order chi connectivity index (χ0) is 24.6. The van der Waals surface area contributed by atoms with Gasteiger partial charge in [-0.15, -0.1) is 0 Å². The molecular weight excluding hydrogens is 467 g/mol. The van der Waals surface area contributed by atoms with E-state index in [-0.39, 0.29) is 0 Å². The van der Waals surface area contributed by atoms with Crippen LogP contribution in [0.2, 0.25) is 0 Å². The van der Waals surface area contributed by atoms with Crippen molar-refractivity contribution in [1.82, 2.24) is 23.4 Å². The van der Waals surface area contributed by atoms with Crippen LogP contribution in [0.4, 0.5) is 0 Å². The highest BCUT2D eigenvalue weighted by Gasteiger charge is 2.53. The van der Waals surface area contributed by atoms with Crippen molar-refractivity contribution in [2.24, 2.45) is 0 Å². The Morgan fingerprint density at radius 1 is 0.605 bits per heavy atom. The van der Waals surface area contributed by atoms with Crippen molar-refractivity contribution in [3.05, 3.63) is 116 Å². The Balaban J connectivity index is 1.62. The molecule has 4 aromatic heterocycles. The molecule has 0 aliphatic carbocycles. The second-order valence-corrected chi connectivity index (χ2v) is 10.4. The van der Waals surface area contributed by atoms with E-state index in [1.165, 1.54) is 49.2 Å². The van der Waals surface area contributed by atoms with Gasteiger partial charge in [-0.2, -0.15) is 0 Å². The molecule has 7 heteroatoms. The summed E-state index contributed by atoms with van der Waals surface area (Å²) in [6.07, 6.45) is 7.93. The fraction of sp³-hybridized carbons (Fsp3) is 0. The van der Waals surface area contributed by atoms with Gasteiger partial charge in [0.1, 0.15) is 6.20 Å². The normalized spacial score (nSPS) is 17.1. The van der Waals surface area contributed by atoms with Crippen LogP contribution in [0.5, 0.6) is 0 Å². The summed E-state index contributed by atoms with van der Waals surface area (Å²) >= 11 is 0. The van der Waals surface area contributed by atoms with Crippen molar-refractivity contribution in [2.75, 3.05) is 0 Å². The summed E-state index contributed by atoms with van der Waals surface area (Å²) in [5.41, 5.74) is 8.35. The van der Waals surface area contributed by atoms with E-state index >= 15 is 0 Å². The Labute approximate surface area is 216 Å². The molecule has 1 atom stereocenters. The van der Waals surface area contributed by atoms with Gasteiger partial charge in [0.25, 0.3) is 5.82 Å². The van der Waals surface area contributed by atoms with Gasteiger partial charge in [-0.3, -0.25) is 0 Å². The molecule has 0 saturated carbocycles. The minimum atomic E-state index is -1.89. The lowest BCUT2D eigenvalue weighted by atomic mass is 9.66. The van der Waals surface area contributed by atoms with Crippen molar-refractivity contribution < 1.29 is 4.48 Å². The molecule has 4 aromatic carbocycles. The number of aromatic nitrogens is 6. The van der Waals surface area contributed by atoms with Crippen LogP contribution in [0.15, 0.2) is 116 Å². The molecule has 0 bridgehead atoms. The van der Waals surface area contributed by atoms with Crippen LogP contribution < -0.4 is 4.48 Å². The summed E-state index contributed by atoms with van der Waals surface area (Å²) in [5, 5.41) is 4.99. The molecule has 0 saturated heterocycles. The third kappa shape index (κ3) is 1.85. The first-order valence-corrected chi connectivity index (χ1v) is 13.0. The summed E-state index contributed by atoms with van der Waals surface area (Å²) in [7, 11) is 0. The molecule has 0 spiro atoms. The number of nitrogens with zero attached hydrogens (tertiary/aromatic N) is 6. The maximum atomic E-state index is 5.08. The Kier molecular flexibility index (Phi) is 3.11. The van der Waals surface area contributed by atoms with Gasteiger partial charge in [-0.25, -0.2) is 4.98 Å². The zero-order valence-electron chi connectivity index (χ0n) is 20.2. The standard InChI is InChI=1S/C31H19BN6/c1-3-13-26-20(7-1)22-9-5-11-24-28-15-16-34-31-25-12-6-10-23-21-8-2-4-14-27(21)37(30(23)25)32(38(28)31,36(26)29(22)24)35-18-17-33-19-35/h1-19H. The van der Waals surface area contributed by atoms with Crippen molar-refractivity contribution >= 4 is 50.3 Å². The fourth-order valence-corrected chi connectivity index (χ4v) is 7.64. The molecule has 0 radical (unpaired) electrons. The lowest BCUT2D eigenvalue weighted by Crippen LogP contribution is -2.81. The lowest BCUT2D eigenvalue weighted by Gasteiger charge is -2.49. The molecule has 10 rings (SSSR count). The van der Waals surface area contributed by atoms with E-state index < -0.39 is 6.69 Å². The minimum Gasteiger partial charge on any atom is -0.435 e. The summed E-state index contributed by atoms with van der Waals surface area (Å²) in [5.74, 6) is 0.970. The van der Waals surface area contributed by atoms with Crippen LogP contribution in [-0.4, -0.2) is 30.1 Å². The average Bonchev–Trinajstić information content (AvgIpc) is 3.71. The van der Waals surface area contributed by atoms with Crippen molar-refractivity contribution in [3.8, 4) is 22.6 Å². The lowest BCUT2D eigenvalue weighted by molar-refractivity contribution is -0.536. The maximum absolute atomic E-state index is 5.08. The van der Waals surface area contributed by atoms with Gasteiger partial charge in [0.2, 0.25) is 0 Å². The Morgan fingerprint density at radius 3 is 1.92 bits per heavy atom. The number of hydrogen-bond acceptors (Lipinski definition) is 2. The van der Waals surface area contributed by atoms with Gasteiger partial charge in [0, 0.05) is 61.4 Å². The molecule has 8 aromatic rings. The predicted octanol–water partition coefficient (Wildman–Crippen LogP) is 5.67. The van der Waals surface area contributed by atoms with Crippen molar-refractivity contribution in [3.63, 3.8) is 0 Å². The van der Waals surface area contributed by atoms with E-state index in [2.05, 4.69) is 120 Å². The first-order valence-electron chi connectivity index (χ1n) is 13.0. The minimum absolute atomic E-state index is 0.970. The molecular formula is C31H19BN6. The van der Waals surface area contributed by atoms with E-state index in [9.17, 15) is 0 Å².